The Morgan fingerprint density at radius 1 is 1.00 bits per heavy atom. The van der Waals surface area contributed by atoms with Gasteiger partial charge >= 0.3 is 0 Å². The number of aryl methyl sites for hydroxylation is 1. The predicted octanol–water partition coefficient (Wildman–Crippen LogP) is 4.40. The van der Waals surface area contributed by atoms with Crippen LogP contribution in [-0.4, -0.2) is 85.9 Å². The first-order chi connectivity index (χ1) is 20.2. The minimum Gasteiger partial charge on any atom is -0.493 e. The van der Waals surface area contributed by atoms with Crippen molar-refractivity contribution in [2.24, 2.45) is 0 Å². The Morgan fingerprint density at radius 3 is 2.43 bits per heavy atom. The number of benzene rings is 2. The summed E-state index contributed by atoms with van der Waals surface area (Å²) in [6, 6.07) is 14.7. The van der Waals surface area contributed by atoms with Crippen molar-refractivity contribution in [3.8, 4) is 22.8 Å². The molecular formula is C30H32ClN5O5S. The molecule has 42 heavy (non-hydrogen) atoms. The smallest absolute Gasteiger partial charge is 0.254 e. The number of sulfone groups is 1. The van der Waals surface area contributed by atoms with Crippen LogP contribution in [0.25, 0.3) is 22.3 Å². The van der Waals surface area contributed by atoms with Crippen molar-refractivity contribution in [2.75, 3.05) is 56.8 Å². The largest absolute Gasteiger partial charge is 0.493 e. The maximum Gasteiger partial charge on any atom is 0.254 e. The minimum absolute atomic E-state index is 0.000226. The second kappa shape index (κ2) is 11.1. The van der Waals surface area contributed by atoms with Gasteiger partial charge in [0.2, 0.25) is 0 Å². The van der Waals surface area contributed by atoms with Crippen LogP contribution in [0.5, 0.6) is 11.5 Å². The zero-order valence-corrected chi connectivity index (χ0v) is 25.3. The van der Waals surface area contributed by atoms with E-state index in [1.54, 1.807) is 31.0 Å². The third-order valence-electron chi connectivity index (χ3n) is 8.04. The zero-order valence-electron chi connectivity index (χ0n) is 23.7. The molecule has 1 amide bonds. The Morgan fingerprint density at radius 2 is 1.76 bits per heavy atom. The van der Waals surface area contributed by atoms with E-state index in [0.717, 1.165) is 11.3 Å². The van der Waals surface area contributed by atoms with Crippen molar-refractivity contribution < 1.29 is 22.7 Å². The Hall–Kier alpha value is -3.83. The lowest BCUT2D eigenvalue weighted by Gasteiger charge is -2.36. The SMILES string of the molecule is COc1ccc(-c2cc(C(=O)N3CCN(c4cccc(Cl)c4)CC3)c3c(C)nn(C4CCS(=O)(=O)C4)c3n2)cc1OC. The van der Waals surface area contributed by atoms with Crippen LogP contribution in [0, 0.1) is 6.92 Å². The molecule has 6 rings (SSSR count). The van der Waals surface area contributed by atoms with Gasteiger partial charge in [0.25, 0.3) is 5.91 Å². The third kappa shape index (κ3) is 5.27. The van der Waals surface area contributed by atoms with Crippen LogP contribution < -0.4 is 14.4 Å². The molecule has 2 aromatic carbocycles. The molecule has 0 radical (unpaired) electrons. The lowest BCUT2D eigenvalue weighted by atomic mass is 10.0. The zero-order chi connectivity index (χ0) is 29.6. The van der Waals surface area contributed by atoms with Gasteiger partial charge in [-0.3, -0.25) is 4.79 Å². The topological polar surface area (TPSA) is 107 Å². The molecule has 2 aliphatic rings. The van der Waals surface area contributed by atoms with E-state index >= 15 is 0 Å². The van der Waals surface area contributed by atoms with Gasteiger partial charge in [0.15, 0.2) is 27.0 Å². The summed E-state index contributed by atoms with van der Waals surface area (Å²) in [5, 5.41) is 6.06. The fraction of sp³-hybridized carbons (Fsp3) is 0.367. The Kier molecular flexibility index (Phi) is 7.48. The quantitative estimate of drug-likeness (QED) is 0.317. The van der Waals surface area contributed by atoms with Crippen LogP contribution in [0.4, 0.5) is 5.69 Å². The number of aromatic nitrogens is 3. The fourth-order valence-corrected chi connectivity index (χ4v) is 7.74. The van der Waals surface area contributed by atoms with Gasteiger partial charge < -0.3 is 19.3 Å². The summed E-state index contributed by atoms with van der Waals surface area (Å²) in [5.74, 6) is 1.11. The summed E-state index contributed by atoms with van der Waals surface area (Å²) in [7, 11) is -0.0278. The molecule has 2 saturated heterocycles. The highest BCUT2D eigenvalue weighted by molar-refractivity contribution is 7.91. The van der Waals surface area contributed by atoms with Crippen LogP contribution in [0.1, 0.15) is 28.5 Å². The van der Waals surface area contributed by atoms with Gasteiger partial charge in [0, 0.05) is 42.5 Å². The van der Waals surface area contributed by atoms with Crippen molar-refractivity contribution in [1.29, 1.82) is 0 Å². The Labute approximate surface area is 249 Å². The summed E-state index contributed by atoms with van der Waals surface area (Å²) in [4.78, 5) is 23.2. The van der Waals surface area contributed by atoms with E-state index in [9.17, 15) is 13.2 Å². The monoisotopic (exact) mass is 609 g/mol. The molecule has 0 spiro atoms. The lowest BCUT2D eigenvalue weighted by molar-refractivity contribution is 0.0748. The van der Waals surface area contributed by atoms with Gasteiger partial charge in [-0.05, 0) is 55.8 Å². The maximum atomic E-state index is 14.2. The van der Waals surface area contributed by atoms with Gasteiger partial charge in [0.1, 0.15) is 0 Å². The third-order valence-corrected chi connectivity index (χ3v) is 10.0. The normalized spacial score (nSPS) is 18.4. The van der Waals surface area contributed by atoms with Crippen molar-refractivity contribution in [3.05, 3.63) is 64.8 Å². The first-order valence-corrected chi connectivity index (χ1v) is 16.0. The number of piperazine rings is 1. The number of amides is 1. The van der Waals surface area contributed by atoms with Gasteiger partial charge in [-0.2, -0.15) is 5.10 Å². The van der Waals surface area contributed by atoms with E-state index in [2.05, 4.69) is 4.90 Å². The number of nitrogens with zero attached hydrogens (tertiary/aromatic N) is 5. The van der Waals surface area contributed by atoms with E-state index in [4.69, 9.17) is 31.2 Å². The van der Waals surface area contributed by atoms with Crippen molar-refractivity contribution >= 4 is 44.1 Å². The Balaban J connectivity index is 1.41. The highest BCUT2D eigenvalue weighted by atomic mass is 35.5. The molecule has 220 valence electrons. The second-order valence-electron chi connectivity index (χ2n) is 10.7. The van der Waals surface area contributed by atoms with Crippen LogP contribution in [0.15, 0.2) is 48.5 Å². The van der Waals surface area contributed by atoms with Crippen molar-refractivity contribution in [1.82, 2.24) is 19.7 Å². The summed E-state index contributed by atoms with van der Waals surface area (Å²) < 4.78 is 37.3. The number of carbonyl (C=O) groups is 1. The van der Waals surface area contributed by atoms with E-state index in [0.29, 0.717) is 77.1 Å². The fourth-order valence-electron chi connectivity index (χ4n) is 5.86. The number of pyridine rings is 1. The molecule has 1 unspecified atom stereocenters. The minimum atomic E-state index is -3.16. The number of rotatable bonds is 6. The number of ether oxygens (including phenoxy) is 2. The number of anilines is 1. The average Bonchev–Trinajstić information content (AvgIpc) is 3.54. The molecule has 0 aliphatic carbocycles. The van der Waals surface area contributed by atoms with Gasteiger partial charge in [-0.15, -0.1) is 0 Å². The summed E-state index contributed by atoms with van der Waals surface area (Å²) in [6.45, 7) is 4.25. The van der Waals surface area contributed by atoms with E-state index in [1.807, 2.05) is 48.2 Å². The van der Waals surface area contributed by atoms with E-state index < -0.39 is 9.84 Å². The molecule has 0 saturated carbocycles. The molecule has 0 N–H and O–H groups in total. The highest BCUT2D eigenvalue weighted by Gasteiger charge is 2.33. The molecule has 4 heterocycles. The van der Waals surface area contributed by atoms with Crippen LogP contribution in [0.3, 0.4) is 0 Å². The van der Waals surface area contributed by atoms with Crippen LogP contribution >= 0.6 is 11.6 Å². The van der Waals surface area contributed by atoms with Gasteiger partial charge in [-0.25, -0.2) is 18.1 Å². The molecule has 2 aliphatic heterocycles. The average molecular weight is 610 g/mol. The lowest BCUT2D eigenvalue weighted by Crippen LogP contribution is -2.48. The molecule has 10 nitrogen and oxygen atoms in total. The number of halogens is 1. The number of fused-ring (bicyclic) bond motifs is 1. The standard InChI is InChI=1S/C30H32ClN5O5S/c1-19-28-24(30(37)35-12-10-34(11-13-35)22-6-4-5-21(31)16-22)17-25(20-7-8-26(40-2)27(15-20)41-3)32-29(28)36(33-19)23-9-14-42(38,39)18-23/h4-8,15-17,23H,9-14,18H2,1-3H3. The maximum absolute atomic E-state index is 14.2. The molecule has 1 atom stereocenters. The molecule has 12 heteroatoms. The molecule has 4 aromatic rings. The number of hydrogen-bond donors (Lipinski definition) is 0. The van der Waals surface area contributed by atoms with Crippen LogP contribution in [-0.2, 0) is 9.84 Å². The number of carbonyl (C=O) groups excluding carboxylic acids is 1. The van der Waals surface area contributed by atoms with Crippen molar-refractivity contribution in [3.63, 3.8) is 0 Å². The molecule has 0 bridgehead atoms. The van der Waals surface area contributed by atoms with E-state index in [1.165, 1.54) is 0 Å². The van der Waals surface area contributed by atoms with Gasteiger partial charge in [0.05, 0.1) is 54.1 Å². The first kappa shape index (κ1) is 28.3. The first-order valence-electron chi connectivity index (χ1n) is 13.8. The predicted molar refractivity (Wildman–Crippen MR) is 163 cm³/mol. The molecule has 2 fully saturated rings. The van der Waals surface area contributed by atoms with Crippen LogP contribution in [0.2, 0.25) is 5.02 Å². The Bertz CT molecular complexity index is 1780. The number of methoxy groups -OCH3 is 2. The number of hydrogen-bond acceptors (Lipinski definition) is 8. The van der Waals surface area contributed by atoms with Gasteiger partial charge in [-0.1, -0.05) is 17.7 Å². The summed E-state index contributed by atoms with van der Waals surface area (Å²) in [5.41, 5.74) is 3.96. The summed E-state index contributed by atoms with van der Waals surface area (Å²) in [6.07, 6.45) is 0.454. The molecular weight excluding hydrogens is 578 g/mol. The van der Waals surface area contributed by atoms with E-state index in [-0.39, 0.29) is 23.5 Å². The summed E-state index contributed by atoms with van der Waals surface area (Å²) >= 11 is 6.21. The highest BCUT2D eigenvalue weighted by Crippen LogP contribution is 2.36. The molecule has 2 aromatic heterocycles. The van der Waals surface area contributed by atoms with Crippen molar-refractivity contribution in [2.45, 2.75) is 19.4 Å². The second-order valence-corrected chi connectivity index (χ2v) is 13.3.